The number of hydrogen-bond donors (Lipinski definition) is 0. The van der Waals surface area contributed by atoms with E-state index >= 15 is 0 Å². The molecule has 1 saturated heterocycles. The van der Waals surface area contributed by atoms with Crippen molar-refractivity contribution in [1.82, 2.24) is 9.47 Å². The maximum Gasteiger partial charge on any atom is 0.283 e. The minimum Gasteiger partial charge on any atom is -0.374 e. The molecule has 118 valence electrons. The first kappa shape index (κ1) is 15.1. The van der Waals surface area contributed by atoms with Crippen LogP contribution in [0.3, 0.4) is 0 Å². The molecule has 0 aliphatic carbocycles. The van der Waals surface area contributed by atoms with Gasteiger partial charge >= 0.3 is 0 Å². The van der Waals surface area contributed by atoms with Gasteiger partial charge in [0, 0.05) is 25.7 Å². The van der Waals surface area contributed by atoms with Crippen molar-refractivity contribution in [3.8, 4) is 0 Å². The number of hydrogen-bond acceptors (Lipinski definition) is 3. The average Bonchev–Trinajstić information content (AvgIpc) is 2.65. The van der Waals surface area contributed by atoms with Crippen molar-refractivity contribution >= 4 is 10.9 Å². The van der Waals surface area contributed by atoms with Crippen molar-refractivity contribution in [2.45, 2.75) is 12.5 Å². The number of fused-ring (bicyclic) bond motifs is 1. The van der Waals surface area contributed by atoms with Crippen LogP contribution in [-0.4, -0.2) is 41.7 Å². The lowest BCUT2D eigenvalue weighted by Crippen LogP contribution is -2.38. The zero-order valence-electron chi connectivity index (χ0n) is 12.4. The summed E-state index contributed by atoms with van der Waals surface area (Å²) < 4.78 is 33.7. The van der Waals surface area contributed by atoms with E-state index < -0.39 is 12.5 Å². The van der Waals surface area contributed by atoms with Crippen molar-refractivity contribution in [2.24, 2.45) is 7.05 Å². The fourth-order valence-corrected chi connectivity index (χ4v) is 2.85. The third-order valence-electron chi connectivity index (χ3n) is 3.92. The molecule has 0 bridgehead atoms. The molecule has 1 aliphatic rings. The van der Waals surface area contributed by atoms with E-state index in [0.717, 1.165) is 10.9 Å². The van der Waals surface area contributed by atoms with Gasteiger partial charge in [-0.25, -0.2) is 8.78 Å². The molecule has 1 aromatic carbocycles. The number of alkyl halides is 2. The number of aryl methyl sites for hydroxylation is 1. The molecular formula is C16H18F2N2O2. The molecule has 1 fully saturated rings. The number of nitrogens with zero attached hydrogens (tertiary/aromatic N) is 2. The summed E-state index contributed by atoms with van der Waals surface area (Å²) in [6.07, 6.45) is 0. The number of para-hydroxylation sites is 1. The van der Waals surface area contributed by atoms with Crippen LogP contribution in [0.4, 0.5) is 8.78 Å². The lowest BCUT2D eigenvalue weighted by Gasteiger charge is -2.23. The Morgan fingerprint density at radius 2 is 2.09 bits per heavy atom. The predicted molar refractivity (Wildman–Crippen MR) is 80.2 cm³/mol. The molecule has 3 rings (SSSR count). The minimum atomic E-state index is -2.88. The Morgan fingerprint density at radius 1 is 1.32 bits per heavy atom. The van der Waals surface area contributed by atoms with Crippen LogP contribution in [0.2, 0.25) is 0 Å². The highest BCUT2D eigenvalue weighted by atomic mass is 19.3. The number of aromatic nitrogens is 1. The molecule has 2 heterocycles. The van der Waals surface area contributed by atoms with Gasteiger partial charge in [-0.15, -0.1) is 0 Å². The van der Waals surface area contributed by atoms with Gasteiger partial charge in [-0.05, 0) is 17.5 Å². The van der Waals surface area contributed by atoms with Crippen LogP contribution in [0.25, 0.3) is 10.9 Å². The van der Waals surface area contributed by atoms with Gasteiger partial charge in [-0.2, -0.15) is 0 Å². The van der Waals surface area contributed by atoms with E-state index in [4.69, 9.17) is 4.74 Å². The Kier molecular flexibility index (Phi) is 3.97. The maximum atomic E-state index is 13.6. The highest BCUT2D eigenvalue weighted by Crippen LogP contribution is 2.20. The van der Waals surface area contributed by atoms with E-state index in [2.05, 4.69) is 0 Å². The Balaban J connectivity index is 1.93. The van der Waals surface area contributed by atoms with E-state index in [1.807, 2.05) is 24.3 Å². The SMILES string of the molecule is Cn1c(=O)c(CN2CCOCC(F)(F)C2)cc2ccccc21. The van der Waals surface area contributed by atoms with Gasteiger partial charge in [0.1, 0.15) is 6.61 Å². The Labute approximate surface area is 126 Å². The van der Waals surface area contributed by atoms with Crippen LogP contribution in [0.1, 0.15) is 5.56 Å². The minimum absolute atomic E-state index is 0.146. The Hall–Kier alpha value is -1.79. The largest absolute Gasteiger partial charge is 0.374 e. The molecule has 1 aromatic heterocycles. The topological polar surface area (TPSA) is 34.5 Å². The molecule has 0 unspecified atom stereocenters. The number of ether oxygens (including phenoxy) is 1. The van der Waals surface area contributed by atoms with E-state index in [1.165, 1.54) is 0 Å². The zero-order valence-corrected chi connectivity index (χ0v) is 12.4. The van der Waals surface area contributed by atoms with Gasteiger partial charge in [0.15, 0.2) is 0 Å². The normalized spacial score (nSPS) is 19.2. The smallest absolute Gasteiger partial charge is 0.283 e. The molecule has 0 atom stereocenters. The van der Waals surface area contributed by atoms with E-state index in [-0.39, 0.29) is 25.3 Å². The molecule has 0 N–H and O–H groups in total. The van der Waals surface area contributed by atoms with E-state index in [1.54, 1.807) is 22.6 Å². The third-order valence-corrected chi connectivity index (χ3v) is 3.92. The van der Waals surface area contributed by atoms with Crippen molar-refractivity contribution in [3.63, 3.8) is 0 Å². The number of halogens is 2. The highest BCUT2D eigenvalue weighted by Gasteiger charge is 2.34. The Morgan fingerprint density at radius 3 is 2.91 bits per heavy atom. The molecule has 0 amide bonds. The summed E-state index contributed by atoms with van der Waals surface area (Å²) in [5.74, 6) is -2.88. The lowest BCUT2D eigenvalue weighted by atomic mass is 10.1. The second kappa shape index (κ2) is 5.78. The number of rotatable bonds is 2. The Bertz CT molecular complexity index is 742. The van der Waals surface area contributed by atoms with Crippen LogP contribution in [-0.2, 0) is 18.3 Å². The van der Waals surface area contributed by atoms with Gasteiger partial charge in [0.05, 0.1) is 18.7 Å². The van der Waals surface area contributed by atoms with Crippen LogP contribution in [0.15, 0.2) is 35.1 Å². The highest BCUT2D eigenvalue weighted by molar-refractivity contribution is 5.79. The van der Waals surface area contributed by atoms with Gasteiger partial charge < -0.3 is 9.30 Å². The first-order valence-electron chi connectivity index (χ1n) is 7.22. The fraction of sp³-hybridized carbons (Fsp3) is 0.438. The quantitative estimate of drug-likeness (QED) is 0.851. The van der Waals surface area contributed by atoms with Crippen LogP contribution in [0.5, 0.6) is 0 Å². The molecule has 22 heavy (non-hydrogen) atoms. The molecule has 2 aromatic rings. The number of pyridine rings is 1. The summed E-state index contributed by atoms with van der Waals surface area (Å²) in [6.45, 7) is -0.0896. The average molecular weight is 308 g/mol. The summed E-state index contributed by atoms with van der Waals surface area (Å²) >= 11 is 0. The summed E-state index contributed by atoms with van der Waals surface area (Å²) in [6, 6.07) is 9.34. The molecule has 0 saturated carbocycles. The molecular weight excluding hydrogens is 290 g/mol. The first-order valence-corrected chi connectivity index (χ1v) is 7.22. The van der Waals surface area contributed by atoms with Crippen molar-refractivity contribution in [2.75, 3.05) is 26.3 Å². The molecule has 1 aliphatic heterocycles. The van der Waals surface area contributed by atoms with Gasteiger partial charge in [0.2, 0.25) is 0 Å². The standard InChI is InChI=1S/C16H18F2N2O2/c1-19-14-5-3-2-4-12(14)8-13(15(19)21)9-20-6-7-22-11-16(17,18)10-20/h2-5,8H,6-7,9-11H2,1H3. The summed E-state index contributed by atoms with van der Waals surface area (Å²) in [7, 11) is 1.70. The van der Waals surface area contributed by atoms with Crippen LogP contribution >= 0.6 is 0 Å². The molecule has 0 spiro atoms. The third kappa shape index (κ3) is 3.03. The molecule has 0 radical (unpaired) electrons. The van der Waals surface area contributed by atoms with E-state index in [9.17, 15) is 13.6 Å². The zero-order chi connectivity index (χ0) is 15.7. The molecule has 6 heteroatoms. The summed E-state index contributed by atoms with van der Waals surface area (Å²) in [5, 5.41) is 0.928. The predicted octanol–water partition coefficient (Wildman–Crippen LogP) is 2.01. The fourth-order valence-electron chi connectivity index (χ4n) is 2.85. The van der Waals surface area contributed by atoms with Gasteiger partial charge in [-0.3, -0.25) is 9.69 Å². The van der Waals surface area contributed by atoms with Crippen LogP contribution < -0.4 is 5.56 Å². The molecule has 4 nitrogen and oxygen atoms in total. The van der Waals surface area contributed by atoms with E-state index in [0.29, 0.717) is 12.1 Å². The summed E-state index contributed by atoms with van der Waals surface area (Å²) in [5.41, 5.74) is 1.21. The van der Waals surface area contributed by atoms with Crippen molar-refractivity contribution in [1.29, 1.82) is 0 Å². The summed E-state index contributed by atoms with van der Waals surface area (Å²) in [4.78, 5) is 14.0. The van der Waals surface area contributed by atoms with Gasteiger partial charge in [0.25, 0.3) is 11.5 Å². The number of benzene rings is 1. The lowest BCUT2D eigenvalue weighted by molar-refractivity contribution is -0.0689. The van der Waals surface area contributed by atoms with Crippen LogP contribution in [0, 0.1) is 0 Å². The van der Waals surface area contributed by atoms with Crippen molar-refractivity contribution in [3.05, 3.63) is 46.2 Å². The maximum absolute atomic E-state index is 13.6. The second-order valence-electron chi connectivity index (χ2n) is 5.71. The monoisotopic (exact) mass is 308 g/mol. The van der Waals surface area contributed by atoms with Gasteiger partial charge in [-0.1, -0.05) is 18.2 Å². The first-order chi connectivity index (χ1) is 10.5. The van der Waals surface area contributed by atoms with Crippen molar-refractivity contribution < 1.29 is 13.5 Å². The second-order valence-corrected chi connectivity index (χ2v) is 5.71.